The molecule has 0 aliphatic carbocycles. The highest BCUT2D eigenvalue weighted by Gasteiger charge is 2.17. The van der Waals surface area contributed by atoms with Crippen molar-refractivity contribution >= 4 is 130 Å². The first kappa shape index (κ1) is 39.0. The molecule has 8 heteroatoms. The van der Waals surface area contributed by atoms with Crippen molar-refractivity contribution in [2.75, 3.05) is 9.80 Å². The quantitative estimate of drug-likeness (QED) is 0.150. The first-order chi connectivity index (χ1) is 27.6. The van der Waals surface area contributed by atoms with Crippen LogP contribution >= 0.6 is 77.2 Å². The maximum Gasteiger partial charge on any atom is 0.0604 e. The Labute approximate surface area is 366 Å². The predicted molar refractivity (Wildman–Crippen MR) is 262 cm³/mol. The fourth-order valence-electron chi connectivity index (χ4n) is 6.77. The van der Waals surface area contributed by atoms with Gasteiger partial charge in [0, 0.05) is 75.7 Å². The molecule has 0 saturated carbocycles. The van der Waals surface area contributed by atoms with E-state index in [2.05, 4.69) is 233 Å². The molecular weight excluding hydrogens is 905 g/mol. The number of benzene rings is 6. The molecule has 0 fully saturated rings. The van der Waals surface area contributed by atoms with Gasteiger partial charge in [-0.3, -0.25) is 0 Å². The monoisotopic (exact) mass is 938 g/mol. The van der Waals surface area contributed by atoms with Crippen LogP contribution in [0.1, 0.15) is 7.43 Å². The molecule has 4 heterocycles. The van der Waals surface area contributed by atoms with E-state index in [9.17, 15) is 0 Å². The van der Waals surface area contributed by atoms with E-state index in [0.29, 0.717) is 0 Å². The van der Waals surface area contributed by atoms with Gasteiger partial charge in [-0.15, -0.1) is 45.3 Å². The summed E-state index contributed by atoms with van der Waals surface area (Å²) in [5, 5.41) is 8.86. The summed E-state index contributed by atoms with van der Waals surface area (Å²) in [6.07, 6.45) is 0. The number of anilines is 6. The van der Waals surface area contributed by atoms with Crippen molar-refractivity contribution in [2.45, 2.75) is 7.43 Å². The van der Waals surface area contributed by atoms with E-state index in [0.717, 1.165) is 34.1 Å². The Kier molecular flexibility index (Phi) is 12.2. The van der Waals surface area contributed by atoms with Gasteiger partial charge in [-0.25, -0.2) is 0 Å². The van der Waals surface area contributed by atoms with E-state index in [1.54, 1.807) is 22.7 Å². The molecule has 0 bridgehead atoms. The summed E-state index contributed by atoms with van der Waals surface area (Å²) < 4.78 is 7.80. The average Bonchev–Trinajstić information content (AvgIpc) is 4.05. The summed E-state index contributed by atoms with van der Waals surface area (Å²) in [7, 11) is 0. The number of halogens is 2. The lowest BCUT2D eigenvalue weighted by atomic mass is 10.0. The maximum absolute atomic E-state index is 3.48. The van der Waals surface area contributed by atoms with Gasteiger partial charge in [0.15, 0.2) is 0 Å². The maximum atomic E-state index is 3.48. The standard InChI is InChI=1S/C42H30N2S2.C6H2Br2S2.CH4/c1-5-13-33(14-6-1)43(34-15-7-2-8-16-34)37-25-21-31(22-26-37)39-29-45-42-40(30-46-41(39)42)32-23-27-38(28-24-32)44(35-17-9-3-10-18-35)36-19-11-4-12-20-36;7-3-1-9-6-4(8)2-10-5(3)6;/h1-30H;1-2H;1H4. The molecule has 0 atom stereocenters. The van der Waals surface area contributed by atoms with Gasteiger partial charge >= 0.3 is 0 Å². The first-order valence-electron chi connectivity index (χ1n) is 17.9. The Bertz CT molecular complexity index is 2540. The van der Waals surface area contributed by atoms with Crippen LogP contribution in [0.5, 0.6) is 0 Å². The first-order valence-corrected chi connectivity index (χ1v) is 23.0. The minimum atomic E-state index is 0. The highest BCUT2D eigenvalue weighted by atomic mass is 79.9. The fourth-order valence-corrected chi connectivity index (χ4v) is 12.9. The molecule has 2 nitrogen and oxygen atoms in total. The second-order valence-corrected chi connectivity index (χ2v) is 18.1. The van der Waals surface area contributed by atoms with E-state index < -0.39 is 0 Å². The fraction of sp³-hybridized carbons (Fsp3) is 0.0204. The van der Waals surface area contributed by atoms with Crippen LogP contribution in [0.2, 0.25) is 0 Å². The van der Waals surface area contributed by atoms with Gasteiger partial charge < -0.3 is 9.80 Å². The number of nitrogens with zero attached hydrogens (tertiary/aromatic N) is 2. The molecule has 0 spiro atoms. The third-order valence-corrected chi connectivity index (χ3v) is 16.1. The van der Waals surface area contributed by atoms with Crippen LogP contribution in [0.3, 0.4) is 0 Å². The molecule has 0 saturated heterocycles. The summed E-state index contributed by atoms with van der Waals surface area (Å²) in [5.41, 5.74) is 11.9. The highest BCUT2D eigenvalue weighted by Crippen LogP contribution is 2.46. The molecule has 0 aliphatic heterocycles. The number of fused-ring (bicyclic) bond motifs is 2. The molecule has 4 aromatic heterocycles. The van der Waals surface area contributed by atoms with Crippen molar-refractivity contribution in [1.29, 1.82) is 0 Å². The smallest absolute Gasteiger partial charge is 0.0604 e. The molecular formula is C49H36Br2N2S4. The zero-order chi connectivity index (χ0) is 37.8. The lowest BCUT2D eigenvalue weighted by Gasteiger charge is -2.25. The second-order valence-electron chi connectivity index (χ2n) is 12.9. The summed E-state index contributed by atoms with van der Waals surface area (Å²) >= 11 is 14.2. The number of para-hydroxylation sites is 4. The molecule has 0 aliphatic rings. The summed E-state index contributed by atoms with van der Waals surface area (Å²) in [6.45, 7) is 0. The van der Waals surface area contributed by atoms with Crippen LogP contribution in [0.25, 0.3) is 41.1 Å². The van der Waals surface area contributed by atoms with Crippen molar-refractivity contribution in [1.82, 2.24) is 0 Å². The molecule has 0 unspecified atom stereocenters. The summed E-state index contributed by atoms with van der Waals surface area (Å²) in [4.78, 5) is 4.60. The highest BCUT2D eigenvalue weighted by molar-refractivity contribution is 9.11. The number of thiophene rings is 4. The summed E-state index contributed by atoms with van der Waals surface area (Å²) in [5.74, 6) is 0. The van der Waals surface area contributed by atoms with Crippen LogP contribution in [-0.4, -0.2) is 0 Å². The molecule has 10 rings (SSSR count). The minimum Gasteiger partial charge on any atom is -0.311 e. The number of rotatable bonds is 8. The molecule has 57 heavy (non-hydrogen) atoms. The van der Waals surface area contributed by atoms with Crippen molar-refractivity contribution < 1.29 is 0 Å². The number of hydrogen-bond donors (Lipinski definition) is 0. The van der Waals surface area contributed by atoms with E-state index in [-0.39, 0.29) is 7.43 Å². The zero-order valence-corrected chi connectivity index (χ0v) is 36.2. The van der Waals surface area contributed by atoms with Gasteiger partial charge in [0.2, 0.25) is 0 Å². The minimum absolute atomic E-state index is 0. The third kappa shape index (κ3) is 8.17. The molecule has 0 radical (unpaired) electrons. The van der Waals surface area contributed by atoms with Crippen LogP contribution in [0, 0.1) is 0 Å². The Morgan fingerprint density at radius 1 is 0.298 bits per heavy atom. The zero-order valence-electron chi connectivity index (χ0n) is 29.8. The average molecular weight is 941 g/mol. The van der Waals surface area contributed by atoms with Crippen molar-refractivity contribution in [3.05, 3.63) is 200 Å². The van der Waals surface area contributed by atoms with Gasteiger partial charge in [0.25, 0.3) is 0 Å². The molecule has 0 N–H and O–H groups in total. The normalized spacial score (nSPS) is 10.8. The van der Waals surface area contributed by atoms with Crippen LogP contribution in [0.15, 0.2) is 200 Å². The lowest BCUT2D eigenvalue weighted by molar-refractivity contribution is 1.28. The Morgan fingerprint density at radius 2 is 0.561 bits per heavy atom. The van der Waals surface area contributed by atoms with Gasteiger partial charge in [-0.1, -0.05) is 104 Å². The van der Waals surface area contributed by atoms with Crippen LogP contribution in [-0.2, 0) is 0 Å². The molecule has 280 valence electrons. The Balaban J connectivity index is 0.000000359. The molecule has 6 aromatic carbocycles. The van der Waals surface area contributed by atoms with E-state index in [1.807, 2.05) is 22.7 Å². The second kappa shape index (κ2) is 17.8. The predicted octanol–water partition coefficient (Wildman–Crippen LogP) is 18.4. The van der Waals surface area contributed by atoms with Crippen molar-refractivity contribution in [3.63, 3.8) is 0 Å². The van der Waals surface area contributed by atoms with Gasteiger partial charge in [-0.05, 0) is 116 Å². The van der Waals surface area contributed by atoms with E-state index >= 15 is 0 Å². The van der Waals surface area contributed by atoms with Gasteiger partial charge in [0.05, 0.1) is 18.8 Å². The largest absolute Gasteiger partial charge is 0.311 e. The Hall–Kier alpha value is -4.80. The van der Waals surface area contributed by atoms with Crippen molar-refractivity contribution in [3.8, 4) is 22.3 Å². The Morgan fingerprint density at radius 3 is 0.860 bits per heavy atom. The lowest BCUT2D eigenvalue weighted by Crippen LogP contribution is -2.09. The van der Waals surface area contributed by atoms with Gasteiger partial charge in [0.1, 0.15) is 0 Å². The molecule has 10 aromatic rings. The van der Waals surface area contributed by atoms with Crippen molar-refractivity contribution in [2.24, 2.45) is 0 Å². The summed E-state index contributed by atoms with van der Waals surface area (Å²) in [6, 6.07) is 60.2. The molecule has 0 amide bonds. The topological polar surface area (TPSA) is 6.48 Å². The van der Waals surface area contributed by atoms with E-state index in [1.165, 1.54) is 50.0 Å². The van der Waals surface area contributed by atoms with Crippen LogP contribution in [0.4, 0.5) is 34.1 Å². The van der Waals surface area contributed by atoms with Gasteiger partial charge in [-0.2, -0.15) is 0 Å². The van der Waals surface area contributed by atoms with Crippen LogP contribution < -0.4 is 9.80 Å². The number of hydrogen-bond acceptors (Lipinski definition) is 6. The van der Waals surface area contributed by atoms with E-state index in [4.69, 9.17) is 0 Å². The third-order valence-electron chi connectivity index (χ3n) is 9.42. The SMILES string of the molecule is Brc1csc2c(Br)csc12.C.c1ccc(N(c2ccccc2)c2ccc(-c3csc4c(-c5ccc(N(c6ccccc6)c6ccccc6)cc5)csc34)cc2)cc1.